The van der Waals surface area contributed by atoms with Crippen LogP contribution in [0.2, 0.25) is 0 Å². The molecule has 5 unspecified atom stereocenters. The van der Waals surface area contributed by atoms with Crippen molar-refractivity contribution in [1.29, 1.82) is 0 Å². The van der Waals surface area contributed by atoms with Gasteiger partial charge in [0.1, 0.15) is 5.76 Å². The van der Waals surface area contributed by atoms with Crippen molar-refractivity contribution in [3.05, 3.63) is 11.3 Å². The highest BCUT2D eigenvalue weighted by Gasteiger charge is 2.66. The first kappa shape index (κ1) is 49.2. The van der Waals surface area contributed by atoms with E-state index < -0.39 is 5.97 Å². The molecule has 4 bridgehead atoms. The summed E-state index contributed by atoms with van der Waals surface area (Å²) in [6.45, 7) is 13.5. The first-order chi connectivity index (χ1) is 29.6. The van der Waals surface area contributed by atoms with Crippen LogP contribution in [0.3, 0.4) is 0 Å². The molecule has 3 saturated heterocycles. The lowest BCUT2D eigenvalue weighted by atomic mass is 9.45. The fraction of sp³-hybridized carbons (Fsp3) is 0.943. The summed E-state index contributed by atoms with van der Waals surface area (Å²) >= 11 is 0. The molecule has 4 aliphatic carbocycles. The van der Waals surface area contributed by atoms with Gasteiger partial charge in [0.15, 0.2) is 0 Å². The van der Waals surface area contributed by atoms with Gasteiger partial charge in [-0.3, -0.25) is 0 Å². The number of aliphatic carboxylic acids is 1. The fourth-order valence-corrected chi connectivity index (χ4v) is 13.3. The Morgan fingerprint density at radius 3 is 1.26 bits per heavy atom. The SMILES string of the molecule is CCCCC1(CCCCCCOC(=C(C)C(=O)O)C23CC4CC(OCCCCCCC5(CCCC)CCO5)(CC(OCCCCCCC5(CCCC)CCO5)(C4)C2)C3)CCO1. The molecule has 7 rings (SSSR count). The van der Waals surface area contributed by atoms with E-state index in [0.717, 1.165) is 109 Å². The molecule has 0 spiro atoms. The summed E-state index contributed by atoms with van der Waals surface area (Å²) < 4.78 is 39.4. The van der Waals surface area contributed by atoms with E-state index in [0.29, 0.717) is 18.1 Å². The number of ether oxygens (including phenoxy) is 6. The molecule has 0 aromatic heterocycles. The van der Waals surface area contributed by atoms with Gasteiger partial charge >= 0.3 is 5.97 Å². The van der Waals surface area contributed by atoms with E-state index in [4.69, 9.17) is 28.4 Å². The Morgan fingerprint density at radius 1 is 0.525 bits per heavy atom. The summed E-state index contributed by atoms with van der Waals surface area (Å²) in [7, 11) is 0. The van der Waals surface area contributed by atoms with Gasteiger partial charge in [-0.15, -0.1) is 0 Å². The minimum Gasteiger partial charge on any atom is -0.497 e. The smallest absolute Gasteiger partial charge is 0.334 e. The summed E-state index contributed by atoms with van der Waals surface area (Å²) in [4.78, 5) is 12.8. The second-order valence-electron chi connectivity index (χ2n) is 21.6. The predicted molar refractivity (Wildman–Crippen MR) is 245 cm³/mol. The number of carboxylic acids is 1. The van der Waals surface area contributed by atoms with Gasteiger partial charge in [-0.2, -0.15) is 0 Å². The Morgan fingerprint density at radius 2 is 0.902 bits per heavy atom. The Kier molecular flexibility index (Phi) is 18.8. The van der Waals surface area contributed by atoms with Crippen molar-refractivity contribution in [2.24, 2.45) is 11.3 Å². The van der Waals surface area contributed by atoms with Crippen molar-refractivity contribution in [1.82, 2.24) is 0 Å². The fourth-order valence-electron chi connectivity index (χ4n) is 13.3. The maximum absolute atomic E-state index is 12.8. The van der Waals surface area contributed by atoms with Crippen molar-refractivity contribution in [3.63, 3.8) is 0 Å². The highest BCUT2D eigenvalue weighted by molar-refractivity contribution is 5.86. The number of allylic oxidation sites excluding steroid dienone is 1. The molecule has 0 aromatic carbocycles. The van der Waals surface area contributed by atoms with Crippen LogP contribution >= 0.6 is 0 Å². The quantitative estimate of drug-likeness (QED) is 0.0383. The molecule has 3 heterocycles. The molecule has 0 aromatic rings. The average molecular weight is 857 g/mol. The molecule has 352 valence electrons. The Hall–Kier alpha value is -1.19. The molecule has 7 aliphatic rings. The molecule has 7 fully saturated rings. The van der Waals surface area contributed by atoms with E-state index in [1.54, 1.807) is 6.92 Å². The maximum atomic E-state index is 12.8. The van der Waals surface area contributed by atoms with E-state index >= 15 is 0 Å². The lowest BCUT2D eigenvalue weighted by Crippen LogP contribution is -2.65. The minimum atomic E-state index is -0.860. The van der Waals surface area contributed by atoms with Crippen LogP contribution in [-0.4, -0.2) is 78.7 Å². The first-order valence-corrected chi connectivity index (χ1v) is 26.3. The molecule has 4 saturated carbocycles. The molecule has 5 atom stereocenters. The monoisotopic (exact) mass is 857 g/mol. The van der Waals surface area contributed by atoms with Gasteiger partial charge in [0.2, 0.25) is 0 Å². The van der Waals surface area contributed by atoms with Crippen LogP contribution in [0, 0.1) is 11.3 Å². The molecular formula is C53H92O8. The predicted octanol–water partition coefficient (Wildman–Crippen LogP) is 13.8. The summed E-state index contributed by atoms with van der Waals surface area (Å²) in [5, 5.41) is 10.5. The highest BCUT2D eigenvalue weighted by Crippen LogP contribution is 2.68. The number of carbonyl (C=O) groups is 1. The molecule has 1 N–H and O–H groups in total. The highest BCUT2D eigenvalue weighted by atomic mass is 16.5. The van der Waals surface area contributed by atoms with E-state index in [1.807, 2.05) is 0 Å². The van der Waals surface area contributed by atoms with Gasteiger partial charge in [0.25, 0.3) is 0 Å². The third-order valence-electron chi connectivity index (χ3n) is 16.6. The van der Waals surface area contributed by atoms with Crippen LogP contribution in [0.1, 0.15) is 240 Å². The van der Waals surface area contributed by atoms with Gasteiger partial charge in [0.05, 0.1) is 60.0 Å². The normalized spacial score (nSPS) is 34.1. The summed E-state index contributed by atoms with van der Waals surface area (Å²) in [6.07, 6.45) is 37.9. The zero-order valence-corrected chi connectivity index (χ0v) is 40.0. The first-order valence-electron chi connectivity index (χ1n) is 26.3. The Labute approximate surface area is 373 Å². The molecule has 3 aliphatic heterocycles. The van der Waals surface area contributed by atoms with E-state index in [-0.39, 0.29) is 33.4 Å². The lowest BCUT2D eigenvalue weighted by Gasteiger charge is -2.66. The van der Waals surface area contributed by atoms with Gasteiger partial charge < -0.3 is 33.5 Å². The van der Waals surface area contributed by atoms with Crippen molar-refractivity contribution < 1.29 is 38.3 Å². The summed E-state index contributed by atoms with van der Waals surface area (Å²) in [6, 6.07) is 0. The largest absolute Gasteiger partial charge is 0.497 e. The van der Waals surface area contributed by atoms with Crippen LogP contribution in [0.15, 0.2) is 11.3 Å². The summed E-state index contributed by atoms with van der Waals surface area (Å²) in [5.74, 6) is 0.326. The van der Waals surface area contributed by atoms with Crippen molar-refractivity contribution >= 4 is 5.97 Å². The Bertz CT molecular complexity index is 1290. The average Bonchev–Trinajstić information content (AvgIpc) is 3.18. The van der Waals surface area contributed by atoms with Crippen LogP contribution < -0.4 is 0 Å². The van der Waals surface area contributed by atoms with Crippen LogP contribution in [0.4, 0.5) is 0 Å². The number of unbranched alkanes of at least 4 members (excludes halogenated alkanes) is 12. The van der Waals surface area contributed by atoms with E-state index in [1.165, 1.54) is 141 Å². The third-order valence-corrected chi connectivity index (χ3v) is 16.6. The number of hydrogen-bond donors (Lipinski definition) is 1. The van der Waals surface area contributed by atoms with Crippen LogP contribution in [0.5, 0.6) is 0 Å². The second kappa shape index (κ2) is 23.3. The van der Waals surface area contributed by atoms with Gasteiger partial charge in [-0.25, -0.2) is 4.79 Å². The number of carboxylic acid groups (broad SMARTS) is 1. The van der Waals surface area contributed by atoms with Crippen LogP contribution in [-0.2, 0) is 33.2 Å². The van der Waals surface area contributed by atoms with Crippen LogP contribution in [0.25, 0.3) is 0 Å². The molecule has 0 radical (unpaired) electrons. The van der Waals surface area contributed by atoms with Crippen molar-refractivity contribution in [2.45, 2.75) is 268 Å². The van der Waals surface area contributed by atoms with Gasteiger partial charge in [-0.05, 0) is 122 Å². The maximum Gasteiger partial charge on any atom is 0.334 e. The van der Waals surface area contributed by atoms with E-state index in [2.05, 4.69) is 20.8 Å². The molecule has 0 amide bonds. The van der Waals surface area contributed by atoms with Crippen molar-refractivity contribution in [3.8, 4) is 0 Å². The lowest BCUT2D eigenvalue weighted by molar-refractivity contribution is -0.261. The van der Waals surface area contributed by atoms with E-state index in [9.17, 15) is 9.90 Å². The molecular weight excluding hydrogens is 765 g/mol. The Balaban J connectivity index is 1.04. The number of hydrogen-bond acceptors (Lipinski definition) is 7. The zero-order chi connectivity index (χ0) is 43.1. The zero-order valence-electron chi connectivity index (χ0n) is 40.0. The summed E-state index contributed by atoms with van der Waals surface area (Å²) in [5.41, 5.74) is -0.0833. The number of rotatable bonds is 35. The van der Waals surface area contributed by atoms with Crippen molar-refractivity contribution in [2.75, 3.05) is 39.6 Å². The molecule has 8 heteroatoms. The minimum absolute atomic E-state index is 0.139. The molecule has 61 heavy (non-hydrogen) atoms. The van der Waals surface area contributed by atoms with Gasteiger partial charge in [0, 0.05) is 25.0 Å². The second-order valence-corrected chi connectivity index (χ2v) is 21.6. The third kappa shape index (κ3) is 13.2. The standard InChI is InChI=1S/C53H92O8/c1-5-8-23-49(29-35-59-49)26-17-11-14-20-32-56-46(44(4)47(54)55)48-38-45-39-52(41-48,57-33-21-15-12-18-27-50(24-9-6-2)30-36-60-50)43-53(40-45,42-48)58-34-22-16-13-19-28-51(25-10-7-3)31-37-61-51/h45H,5-43H2,1-4H3,(H,54,55). The molecule has 8 nitrogen and oxygen atoms in total. The van der Waals surface area contributed by atoms with Gasteiger partial charge in [-0.1, -0.05) is 117 Å². The topological polar surface area (TPSA) is 92.7 Å².